The van der Waals surface area contributed by atoms with Crippen molar-refractivity contribution in [1.82, 2.24) is 15.1 Å². The van der Waals surface area contributed by atoms with Crippen LogP contribution in [0.2, 0.25) is 5.02 Å². The van der Waals surface area contributed by atoms with Crippen LogP contribution in [-0.2, 0) is 4.79 Å². The van der Waals surface area contributed by atoms with E-state index < -0.39 is 6.04 Å². The summed E-state index contributed by atoms with van der Waals surface area (Å²) in [5.41, 5.74) is 1.53. The molecule has 4 rings (SSSR count). The highest BCUT2D eigenvalue weighted by molar-refractivity contribution is 9.10. The molecule has 3 aromatic rings. The minimum atomic E-state index is -0.560. The highest BCUT2D eigenvalue weighted by atomic mass is 79.9. The van der Waals surface area contributed by atoms with Crippen molar-refractivity contribution >= 4 is 61.6 Å². The summed E-state index contributed by atoms with van der Waals surface area (Å²) < 4.78 is 0.780. The molecular formula is C20H17BrClN5O2S. The molecule has 2 heterocycles. The summed E-state index contributed by atoms with van der Waals surface area (Å²) in [5, 5.41) is 15.5. The van der Waals surface area contributed by atoms with Crippen molar-refractivity contribution in [3.05, 3.63) is 58.0 Å². The van der Waals surface area contributed by atoms with E-state index in [0.29, 0.717) is 33.8 Å². The molecule has 1 fully saturated rings. The largest absolute Gasteiger partial charge is 0.322 e. The molecule has 0 aliphatic carbocycles. The Bertz CT molecular complexity index is 1080. The molecule has 30 heavy (non-hydrogen) atoms. The number of nitrogens with zero attached hydrogens (tertiary/aromatic N) is 3. The molecule has 1 saturated heterocycles. The van der Waals surface area contributed by atoms with Crippen LogP contribution in [0.15, 0.2) is 53.0 Å². The molecule has 1 unspecified atom stereocenters. The molecule has 0 radical (unpaired) electrons. The second-order valence-corrected chi connectivity index (χ2v) is 8.94. The fourth-order valence-electron chi connectivity index (χ4n) is 3.20. The summed E-state index contributed by atoms with van der Waals surface area (Å²) in [6.07, 6.45) is 1.35. The number of rotatable bonds is 4. The molecule has 1 aliphatic heterocycles. The number of carbonyl (C=O) groups is 2. The van der Waals surface area contributed by atoms with Crippen LogP contribution in [0.1, 0.15) is 12.8 Å². The van der Waals surface area contributed by atoms with Crippen LogP contribution in [0, 0.1) is 0 Å². The highest BCUT2D eigenvalue weighted by Crippen LogP contribution is 2.29. The van der Waals surface area contributed by atoms with Crippen LogP contribution in [0.25, 0.3) is 10.6 Å². The van der Waals surface area contributed by atoms with Gasteiger partial charge in [-0.2, -0.15) is 0 Å². The van der Waals surface area contributed by atoms with E-state index in [1.165, 1.54) is 11.3 Å². The molecule has 7 nitrogen and oxygen atoms in total. The fourth-order valence-corrected chi connectivity index (χ4v) is 4.47. The Labute approximate surface area is 190 Å². The number of carbonyl (C=O) groups excluding carboxylic acids is 2. The Morgan fingerprint density at radius 3 is 2.63 bits per heavy atom. The predicted octanol–water partition coefficient (Wildman–Crippen LogP) is 5.26. The molecule has 1 aliphatic rings. The van der Waals surface area contributed by atoms with Crippen molar-refractivity contribution in [2.24, 2.45) is 0 Å². The van der Waals surface area contributed by atoms with E-state index in [1.807, 2.05) is 30.3 Å². The Morgan fingerprint density at radius 1 is 1.10 bits per heavy atom. The van der Waals surface area contributed by atoms with Crippen LogP contribution in [0.3, 0.4) is 0 Å². The van der Waals surface area contributed by atoms with E-state index in [2.05, 4.69) is 36.8 Å². The number of hydrogen-bond donors (Lipinski definition) is 2. The van der Waals surface area contributed by atoms with Crippen LogP contribution in [0.5, 0.6) is 0 Å². The lowest BCUT2D eigenvalue weighted by Crippen LogP contribution is -2.45. The Morgan fingerprint density at radius 2 is 1.87 bits per heavy atom. The zero-order valence-electron chi connectivity index (χ0n) is 15.6. The van der Waals surface area contributed by atoms with Crippen molar-refractivity contribution in [3.63, 3.8) is 0 Å². The standard InChI is InChI=1S/C20H17BrClN5O2S/c21-14-4-1-2-5-15(14)23-20(29)27-11-3-6-16(27)17(28)24-19-26-25-18(30-19)12-7-9-13(22)10-8-12/h1-2,4-5,7-10,16H,3,6,11H2,(H,23,29)(H,24,26,28). The van der Waals surface area contributed by atoms with Gasteiger partial charge in [0, 0.05) is 21.6 Å². The van der Waals surface area contributed by atoms with Crippen molar-refractivity contribution in [1.29, 1.82) is 0 Å². The number of urea groups is 1. The maximum Gasteiger partial charge on any atom is 0.322 e. The molecule has 0 saturated carbocycles. The normalized spacial score (nSPS) is 15.8. The molecule has 2 N–H and O–H groups in total. The Balaban J connectivity index is 1.42. The number of halogens is 2. The predicted molar refractivity (Wildman–Crippen MR) is 122 cm³/mol. The van der Waals surface area contributed by atoms with Gasteiger partial charge in [-0.05, 0) is 53.0 Å². The Hall–Kier alpha value is -2.49. The summed E-state index contributed by atoms with van der Waals surface area (Å²) in [6, 6.07) is 13.7. The van der Waals surface area contributed by atoms with Crippen molar-refractivity contribution in [2.75, 3.05) is 17.2 Å². The molecule has 10 heteroatoms. The zero-order valence-corrected chi connectivity index (χ0v) is 18.8. The molecule has 0 spiro atoms. The number of nitrogens with one attached hydrogen (secondary N) is 2. The van der Waals surface area contributed by atoms with E-state index in [1.54, 1.807) is 23.1 Å². The second kappa shape index (κ2) is 9.11. The average molecular weight is 507 g/mol. The lowest BCUT2D eigenvalue weighted by molar-refractivity contribution is -0.119. The van der Waals surface area contributed by atoms with Crippen LogP contribution >= 0.6 is 38.9 Å². The molecule has 154 valence electrons. The van der Waals surface area contributed by atoms with Gasteiger partial charge in [0.1, 0.15) is 11.0 Å². The molecule has 3 amide bonds. The summed E-state index contributed by atoms with van der Waals surface area (Å²) in [6.45, 7) is 0.514. The minimum absolute atomic E-state index is 0.270. The topological polar surface area (TPSA) is 87.2 Å². The first kappa shape index (κ1) is 20.8. The number of benzene rings is 2. The third kappa shape index (κ3) is 4.63. The molecule has 1 atom stereocenters. The fraction of sp³-hybridized carbons (Fsp3) is 0.200. The van der Waals surface area contributed by atoms with E-state index in [9.17, 15) is 9.59 Å². The summed E-state index contributed by atoms with van der Waals surface area (Å²) >= 11 is 10.6. The number of aromatic nitrogens is 2. The van der Waals surface area contributed by atoms with Gasteiger partial charge in [-0.25, -0.2) is 4.79 Å². The van der Waals surface area contributed by atoms with Gasteiger partial charge in [-0.15, -0.1) is 10.2 Å². The summed E-state index contributed by atoms with van der Waals surface area (Å²) in [4.78, 5) is 27.1. The monoisotopic (exact) mass is 505 g/mol. The van der Waals surface area contributed by atoms with Gasteiger partial charge in [0.25, 0.3) is 0 Å². The first-order valence-electron chi connectivity index (χ1n) is 9.24. The number of para-hydroxylation sites is 1. The molecule has 2 aromatic carbocycles. The van der Waals surface area contributed by atoms with E-state index >= 15 is 0 Å². The molecule has 1 aromatic heterocycles. The van der Waals surface area contributed by atoms with Gasteiger partial charge < -0.3 is 10.2 Å². The third-order valence-corrected chi connectivity index (χ3v) is 6.51. The number of likely N-dealkylation sites (tertiary alicyclic amines) is 1. The van der Waals surface area contributed by atoms with Crippen LogP contribution < -0.4 is 10.6 Å². The highest BCUT2D eigenvalue weighted by Gasteiger charge is 2.34. The van der Waals surface area contributed by atoms with Gasteiger partial charge in [-0.1, -0.05) is 47.2 Å². The number of anilines is 2. The van der Waals surface area contributed by atoms with Crippen LogP contribution in [0.4, 0.5) is 15.6 Å². The van der Waals surface area contributed by atoms with Crippen molar-refractivity contribution in [2.45, 2.75) is 18.9 Å². The summed E-state index contributed by atoms with van der Waals surface area (Å²) in [7, 11) is 0. The van der Waals surface area contributed by atoms with Gasteiger partial charge in [0.2, 0.25) is 11.0 Å². The SMILES string of the molecule is O=C(Nc1nnc(-c2ccc(Cl)cc2)s1)C1CCCN1C(=O)Nc1ccccc1Br. The lowest BCUT2D eigenvalue weighted by atomic mass is 10.2. The van der Waals surface area contributed by atoms with Gasteiger partial charge >= 0.3 is 6.03 Å². The molecule has 0 bridgehead atoms. The second-order valence-electron chi connectivity index (χ2n) is 6.67. The van der Waals surface area contributed by atoms with E-state index in [4.69, 9.17) is 11.6 Å². The quantitative estimate of drug-likeness (QED) is 0.505. The summed E-state index contributed by atoms with van der Waals surface area (Å²) in [5.74, 6) is -0.270. The van der Waals surface area contributed by atoms with Crippen LogP contribution in [-0.4, -0.2) is 39.6 Å². The van der Waals surface area contributed by atoms with E-state index in [-0.39, 0.29) is 11.9 Å². The van der Waals surface area contributed by atoms with Crippen molar-refractivity contribution < 1.29 is 9.59 Å². The first-order valence-corrected chi connectivity index (χ1v) is 11.2. The first-order chi connectivity index (χ1) is 14.5. The van der Waals surface area contributed by atoms with E-state index in [0.717, 1.165) is 16.5 Å². The van der Waals surface area contributed by atoms with Gasteiger partial charge in [-0.3, -0.25) is 10.1 Å². The zero-order chi connectivity index (χ0) is 21.1. The average Bonchev–Trinajstić information content (AvgIpc) is 3.40. The minimum Gasteiger partial charge on any atom is -0.312 e. The van der Waals surface area contributed by atoms with Gasteiger partial charge in [0.15, 0.2) is 0 Å². The molecular weight excluding hydrogens is 490 g/mol. The number of hydrogen-bond acceptors (Lipinski definition) is 5. The van der Waals surface area contributed by atoms with Crippen molar-refractivity contribution in [3.8, 4) is 10.6 Å². The maximum absolute atomic E-state index is 12.8. The maximum atomic E-state index is 12.8. The van der Waals surface area contributed by atoms with Gasteiger partial charge in [0.05, 0.1) is 5.69 Å². The third-order valence-electron chi connectivity index (χ3n) is 4.68. The smallest absolute Gasteiger partial charge is 0.312 e. The Kier molecular flexibility index (Phi) is 6.31. The lowest BCUT2D eigenvalue weighted by Gasteiger charge is -2.24. The number of amides is 3.